The van der Waals surface area contributed by atoms with Gasteiger partial charge in [-0.3, -0.25) is 14.9 Å². The minimum Gasteiger partial charge on any atom is -0.381 e. The van der Waals surface area contributed by atoms with Gasteiger partial charge in [-0.25, -0.2) is 8.42 Å². The molecule has 3 rings (SSSR count). The molecule has 0 atom stereocenters. The normalized spacial score (nSPS) is 20.2. The number of piperazine rings is 1. The van der Waals surface area contributed by atoms with Gasteiger partial charge in [-0.2, -0.15) is 4.31 Å². The maximum Gasteiger partial charge on any atom is 0.269 e. The van der Waals surface area contributed by atoms with Crippen LogP contribution in [0.1, 0.15) is 12.8 Å². The van der Waals surface area contributed by atoms with Crippen molar-refractivity contribution in [1.29, 1.82) is 0 Å². The standard InChI is InChI=1S/C16H22N4O6S.ClH/c17-16(5-11-26-12-6-16)15(21)18-7-9-19(10-8-18)27(24,25)14-3-1-13(2-4-14)20(22)23;/h1-4H,5-12,17H2;1H. The highest BCUT2D eigenvalue weighted by molar-refractivity contribution is 7.89. The van der Waals surface area contributed by atoms with Crippen molar-refractivity contribution in [2.75, 3.05) is 39.4 Å². The van der Waals surface area contributed by atoms with Crippen LogP contribution in [0.4, 0.5) is 5.69 Å². The number of sulfonamides is 1. The maximum absolute atomic E-state index is 12.7. The summed E-state index contributed by atoms with van der Waals surface area (Å²) >= 11 is 0. The lowest BCUT2D eigenvalue weighted by atomic mass is 9.89. The minimum absolute atomic E-state index is 0. The topological polar surface area (TPSA) is 136 Å². The van der Waals surface area contributed by atoms with E-state index in [1.165, 1.54) is 16.4 Å². The summed E-state index contributed by atoms with van der Waals surface area (Å²) in [6.45, 7) is 1.69. The first-order valence-corrected chi connectivity index (χ1v) is 10.1. The number of rotatable bonds is 4. The molecule has 0 bridgehead atoms. The van der Waals surface area contributed by atoms with E-state index in [1.54, 1.807) is 4.90 Å². The molecule has 0 aromatic heterocycles. The molecule has 0 unspecified atom stereocenters. The van der Waals surface area contributed by atoms with Crippen molar-refractivity contribution in [3.05, 3.63) is 34.4 Å². The number of amides is 1. The Balaban J connectivity index is 0.00000280. The molecule has 2 aliphatic heterocycles. The van der Waals surface area contributed by atoms with Crippen molar-refractivity contribution in [2.24, 2.45) is 5.73 Å². The van der Waals surface area contributed by atoms with E-state index in [2.05, 4.69) is 0 Å². The van der Waals surface area contributed by atoms with Crippen LogP contribution in [0.5, 0.6) is 0 Å². The first kappa shape index (κ1) is 22.5. The Kier molecular flexibility index (Phi) is 6.99. The first-order valence-electron chi connectivity index (χ1n) is 8.65. The molecule has 2 heterocycles. The van der Waals surface area contributed by atoms with Crippen molar-refractivity contribution in [1.82, 2.24) is 9.21 Å². The highest BCUT2D eigenvalue weighted by Gasteiger charge is 2.40. The Morgan fingerprint density at radius 3 is 2.14 bits per heavy atom. The molecular formula is C16H23ClN4O6S. The van der Waals surface area contributed by atoms with Gasteiger partial charge in [0.25, 0.3) is 5.69 Å². The third-order valence-corrected chi connectivity index (χ3v) is 6.93. The third kappa shape index (κ3) is 4.44. The van der Waals surface area contributed by atoms with Crippen molar-refractivity contribution >= 4 is 34.0 Å². The van der Waals surface area contributed by atoms with Crippen molar-refractivity contribution in [2.45, 2.75) is 23.3 Å². The molecule has 1 amide bonds. The molecule has 1 aromatic carbocycles. The van der Waals surface area contributed by atoms with Crippen LogP contribution in [0.25, 0.3) is 0 Å². The van der Waals surface area contributed by atoms with Crippen molar-refractivity contribution < 1.29 is 22.9 Å². The van der Waals surface area contributed by atoms with Crippen LogP contribution in [0, 0.1) is 10.1 Å². The van der Waals surface area contributed by atoms with Gasteiger partial charge >= 0.3 is 0 Å². The number of ether oxygens (including phenoxy) is 1. The monoisotopic (exact) mass is 434 g/mol. The van der Waals surface area contributed by atoms with E-state index in [0.717, 1.165) is 12.1 Å². The smallest absolute Gasteiger partial charge is 0.269 e. The predicted octanol–water partition coefficient (Wildman–Crippen LogP) is 0.357. The van der Waals surface area contributed by atoms with E-state index in [4.69, 9.17) is 10.5 Å². The summed E-state index contributed by atoms with van der Waals surface area (Å²) in [7, 11) is -3.77. The van der Waals surface area contributed by atoms with Gasteiger partial charge in [0.05, 0.1) is 15.4 Å². The molecule has 2 aliphatic rings. The zero-order chi connectivity index (χ0) is 19.7. The first-order chi connectivity index (χ1) is 12.7. The van der Waals surface area contributed by atoms with Crippen LogP contribution in [-0.2, 0) is 19.6 Å². The van der Waals surface area contributed by atoms with Gasteiger partial charge in [0, 0.05) is 51.5 Å². The van der Waals surface area contributed by atoms with E-state index in [-0.39, 0.29) is 55.1 Å². The fourth-order valence-corrected chi connectivity index (χ4v) is 4.71. The van der Waals surface area contributed by atoms with Crippen LogP contribution >= 0.6 is 12.4 Å². The number of benzene rings is 1. The van der Waals surface area contributed by atoms with Crippen LogP contribution in [0.3, 0.4) is 0 Å². The van der Waals surface area contributed by atoms with Gasteiger partial charge in [0.1, 0.15) is 0 Å². The largest absolute Gasteiger partial charge is 0.381 e. The number of nitrogens with two attached hydrogens (primary N) is 1. The lowest BCUT2D eigenvalue weighted by Crippen LogP contribution is -2.61. The molecule has 2 fully saturated rings. The molecule has 156 valence electrons. The summed E-state index contributed by atoms with van der Waals surface area (Å²) < 4.78 is 32.0. The van der Waals surface area contributed by atoms with E-state index in [0.29, 0.717) is 26.1 Å². The third-order valence-electron chi connectivity index (χ3n) is 5.02. The average molecular weight is 435 g/mol. The Morgan fingerprint density at radius 2 is 1.64 bits per heavy atom. The molecule has 10 nitrogen and oxygen atoms in total. The fraction of sp³-hybridized carbons (Fsp3) is 0.562. The Morgan fingerprint density at radius 1 is 1.11 bits per heavy atom. The van der Waals surface area contributed by atoms with E-state index in [1.807, 2.05) is 0 Å². The molecule has 0 radical (unpaired) electrons. The number of nitrogens with zero attached hydrogens (tertiary/aromatic N) is 3. The maximum atomic E-state index is 12.7. The van der Waals surface area contributed by atoms with Gasteiger partial charge in [0.2, 0.25) is 15.9 Å². The molecular weight excluding hydrogens is 412 g/mol. The lowest BCUT2D eigenvalue weighted by molar-refractivity contribution is -0.384. The summed E-state index contributed by atoms with van der Waals surface area (Å²) in [6, 6.07) is 4.77. The number of non-ortho nitro benzene ring substituents is 1. The second-order valence-electron chi connectivity index (χ2n) is 6.72. The molecule has 2 saturated heterocycles. The minimum atomic E-state index is -3.77. The average Bonchev–Trinajstić information content (AvgIpc) is 2.68. The number of carbonyl (C=O) groups is 1. The van der Waals surface area contributed by atoms with Gasteiger partial charge in [-0.1, -0.05) is 0 Å². The molecule has 2 N–H and O–H groups in total. The lowest BCUT2D eigenvalue weighted by Gasteiger charge is -2.40. The second kappa shape index (κ2) is 8.70. The molecule has 0 saturated carbocycles. The highest BCUT2D eigenvalue weighted by atomic mass is 35.5. The highest BCUT2D eigenvalue weighted by Crippen LogP contribution is 2.24. The van der Waals surface area contributed by atoms with Crippen LogP contribution in [0.2, 0.25) is 0 Å². The zero-order valence-electron chi connectivity index (χ0n) is 15.2. The number of carbonyl (C=O) groups excluding carboxylic acids is 1. The van der Waals surface area contributed by atoms with E-state index in [9.17, 15) is 23.3 Å². The second-order valence-corrected chi connectivity index (χ2v) is 8.65. The van der Waals surface area contributed by atoms with Gasteiger partial charge < -0.3 is 15.4 Å². The molecule has 12 heteroatoms. The number of hydrogen-bond acceptors (Lipinski definition) is 7. The van der Waals surface area contributed by atoms with Gasteiger partial charge in [-0.15, -0.1) is 12.4 Å². The summed E-state index contributed by atoms with van der Waals surface area (Å²) in [6.07, 6.45) is 0.903. The SMILES string of the molecule is Cl.NC1(C(=O)N2CCN(S(=O)(=O)c3ccc([N+](=O)[O-])cc3)CC2)CCOCC1. The number of nitro groups is 1. The summed E-state index contributed by atoms with van der Waals surface area (Å²) in [5.41, 5.74) is 5.11. The van der Waals surface area contributed by atoms with E-state index < -0.39 is 20.5 Å². The quantitative estimate of drug-likeness (QED) is 0.533. The fourth-order valence-electron chi connectivity index (χ4n) is 3.28. The van der Waals surface area contributed by atoms with Crippen LogP contribution < -0.4 is 5.73 Å². The van der Waals surface area contributed by atoms with Crippen LogP contribution in [0.15, 0.2) is 29.2 Å². The van der Waals surface area contributed by atoms with Gasteiger partial charge in [-0.05, 0) is 25.0 Å². The molecule has 0 spiro atoms. The molecule has 1 aromatic rings. The Labute approximate surface area is 169 Å². The van der Waals surface area contributed by atoms with Crippen LogP contribution in [-0.4, -0.2) is 73.4 Å². The number of hydrogen-bond donors (Lipinski definition) is 1. The summed E-state index contributed by atoms with van der Waals surface area (Å²) in [4.78, 5) is 24.4. The summed E-state index contributed by atoms with van der Waals surface area (Å²) in [5, 5.41) is 10.7. The number of nitro benzene ring substituents is 1. The predicted molar refractivity (Wildman–Crippen MR) is 103 cm³/mol. The Bertz CT molecular complexity index is 818. The Hall–Kier alpha value is -1.79. The molecule has 28 heavy (non-hydrogen) atoms. The van der Waals surface area contributed by atoms with Gasteiger partial charge in [0.15, 0.2) is 0 Å². The van der Waals surface area contributed by atoms with Crippen molar-refractivity contribution in [3.8, 4) is 0 Å². The summed E-state index contributed by atoms with van der Waals surface area (Å²) in [5.74, 6) is -0.168. The van der Waals surface area contributed by atoms with Crippen molar-refractivity contribution in [3.63, 3.8) is 0 Å². The zero-order valence-corrected chi connectivity index (χ0v) is 16.8. The van der Waals surface area contributed by atoms with E-state index >= 15 is 0 Å². The number of halogens is 1. The molecule has 0 aliphatic carbocycles.